The molecule has 0 bridgehead atoms. The van der Waals surface area contributed by atoms with Crippen LogP contribution in [0.4, 0.5) is 5.69 Å². The first-order valence-electron chi connectivity index (χ1n) is 9.78. The van der Waals surface area contributed by atoms with Crippen LogP contribution in [-0.4, -0.2) is 18.3 Å². The number of benzene rings is 3. The van der Waals surface area contributed by atoms with E-state index in [0.717, 1.165) is 27.9 Å². The fourth-order valence-corrected chi connectivity index (χ4v) is 4.02. The van der Waals surface area contributed by atoms with Crippen LogP contribution in [0.1, 0.15) is 40.7 Å². The van der Waals surface area contributed by atoms with E-state index in [0.29, 0.717) is 17.7 Å². The van der Waals surface area contributed by atoms with Crippen molar-refractivity contribution >= 4 is 17.4 Å². The predicted octanol–water partition coefficient (Wildman–Crippen LogP) is 5.37. The number of Topliss-reactive ketones (excluding diaryl/α,β-unsaturated/α-hetero) is 1. The average Bonchev–Trinajstić information content (AvgIpc) is 3.04. The lowest BCUT2D eigenvalue weighted by molar-refractivity contribution is -0.118. The molecule has 0 aromatic heterocycles. The summed E-state index contributed by atoms with van der Waals surface area (Å²) < 4.78 is 5.77. The average molecular weight is 385 g/mol. The highest BCUT2D eigenvalue weighted by atomic mass is 16.5. The van der Waals surface area contributed by atoms with E-state index in [4.69, 9.17) is 4.74 Å². The smallest absolute Gasteiger partial charge is 0.262 e. The quantitative estimate of drug-likeness (QED) is 0.642. The number of anilines is 1. The Bertz CT molecular complexity index is 1070. The maximum Gasteiger partial charge on any atom is 0.262 e. The lowest BCUT2D eigenvalue weighted by atomic mass is 9.97. The molecule has 0 fully saturated rings. The van der Waals surface area contributed by atoms with E-state index in [-0.39, 0.29) is 24.2 Å². The predicted molar refractivity (Wildman–Crippen MR) is 115 cm³/mol. The standard InChI is InChI=1S/C25H23NO3/c1-16-12-13-22(25-21(27)14-17(2)24(16)25)29-15-23(28)26-20-11-7-6-10-19(20)18-8-4-3-5-9-18/h3-13,17H,14-15H2,1-2H3,(H,26,28). The Balaban J connectivity index is 1.50. The summed E-state index contributed by atoms with van der Waals surface area (Å²) in [5.74, 6) is 0.501. The highest BCUT2D eigenvalue weighted by molar-refractivity contribution is 6.04. The zero-order chi connectivity index (χ0) is 20.4. The Hall–Kier alpha value is -3.40. The van der Waals surface area contributed by atoms with Crippen LogP contribution in [0.15, 0.2) is 66.7 Å². The summed E-state index contributed by atoms with van der Waals surface area (Å²) in [5, 5.41) is 2.93. The molecule has 146 valence electrons. The zero-order valence-corrected chi connectivity index (χ0v) is 16.6. The lowest BCUT2D eigenvalue weighted by Crippen LogP contribution is -2.21. The second-order valence-corrected chi connectivity index (χ2v) is 7.45. The summed E-state index contributed by atoms with van der Waals surface area (Å²) in [5.41, 5.74) is 5.47. The third-order valence-electron chi connectivity index (χ3n) is 5.33. The van der Waals surface area contributed by atoms with Gasteiger partial charge in [-0.15, -0.1) is 0 Å². The Morgan fingerprint density at radius 3 is 2.55 bits per heavy atom. The van der Waals surface area contributed by atoms with Gasteiger partial charge in [0.25, 0.3) is 5.91 Å². The van der Waals surface area contributed by atoms with Gasteiger partial charge in [-0.1, -0.05) is 61.5 Å². The molecule has 4 heteroatoms. The number of ether oxygens (including phenoxy) is 1. The highest BCUT2D eigenvalue weighted by Crippen LogP contribution is 2.40. The van der Waals surface area contributed by atoms with Crippen LogP contribution in [0, 0.1) is 6.92 Å². The molecule has 1 unspecified atom stereocenters. The number of nitrogens with one attached hydrogen (secondary N) is 1. The van der Waals surface area contributed by atoms with E-state index in [2.05, 4.69) is 5.32 Å². The number of rotatable bonds is 5. The van der Waals surface area contributed by atoms with Crippen molar-refractivity contribution in [1.82, 2.24) is 0 Å². The number of carbonyl (C=O) groups is 2. The van der Waals surface area contributed by atoms with Crippen LogP contribution in [0.25, 0.3) is 11.1 Å². The summed E-state index contributed by atoms with van der Waals surface area (Å²) >= 11 is 0. The van der Waals surface area contributed by atoms with E-state index >= 15 is 0 Å². The first-order chi connectivity index (χ1) is 14.0. The molecule has 1 aliphatic carbocycles. The molecule has 4 nitrogen and oxygen atoms in total. The molecule has 29 heavy (non-hydrogen) atoms. The number of carbonyl (C=O) groups excluding carboxylic acids is 2. The first kappa shape index (κ1) is 18.9. The highest BCUT2D eigenvalue weighted by Gasteiger charge is 2.31. The van der Waals surface area contributed by atoms with Gasteiger partial charge < -0.3 is 10.1 Å². The van der Waals surface area contributed by atoms with Crippen LogP contribution < -0.4 is 10.1 Å². The number of amides is 1. The fourth-order valence-electron chi connectivity index (χ4n) is 4.02. The summed E-state index contributed by atoms with van der Waals surface area (Å²) in [6.07, 6.45) is 0.493. The minimum Gasteiger partial charge on any atom is -0.483 e. The van der Waals surface area contributed by atoms with Crippen LogP contribution in [0.3, 0.4) is 0 Å². The molecule has 1 aliphatic rings. The number of para-hydroxylation sites is 1. The molecule has 1 N–H and O–H groups in total. The second-order valence-electron chi connectivity index (χ2n) is 7.45. The largest absolute Gasteiger partial charge is 0.483 e. The van der Waals surface area contributed by atoms with Gasteiger partial charge in [-0.25, -0.2) is 0 Å². The van der Waals surface area contributed by atoms with E-state index in [1.807, 2.05) is 74.5 Å². The van der Waals surface area contributed by atoms with Crippen molar-refractivity contribution in [2.45, 2.75) is 26.2 Å². The minimum absolute atomic E-state index is 0.0843. The van der Waals surface area contributed by atoms with E-state index < -0.39 is 0 Å². The molecule has 4 rings (SSSR count). The molecule has 0 saturated heterocycles. The van der Waals surface area contributed by atoms with Crippen LogP contribution in [0.5, 0.6) is 5.75 Å². The van der Waals surface area contributed by atoms with Gasteiger partial charge in [0.2, 0.25) is 0 Å². The summed E-state index contributed by atoms with van der Waals surface area (Å²) in [7, 11) is 0. The van der Waals surface area contributed by atoms with Crippen molar-refractivity contribution in [2.24, 2.45) is 0 Å². The Morgan fingerprint density at radius 2 is 1.76 bits per heavy atom. The summed E-state index contributed by atoms with van der Waals surface area (Å²) in [4.78, 5) is 25.0. The number of fused-ring (bicyclic) bond motifs is 1. The van der Waals surface area contributed by atoms with Gasteiger partial charge in [-0.2, -0.15) is 0 Å². The number of hydrogen-bond donors (Lipinski definition) is 1. The second kappa shape index (κ2) is 7.92. The van der Waals surface area contributed by atoms with Crippen molar-refractivity contribution in [3.63, 3.8) is 0 Å². The molecular weight excluding hydrogens is 362 g/mol. The van der Waals surface area contributed by atoms with Gasteiger partial charge in [0.05, 0.1) is 5.56 Å². The monoisotopic (exact) mass is 385 g/mol. The molecule has 0 radical (unpaired) electrons. The maximum absolute atomic E-state index is 12.6. The normalized spacial score (nSPS) is 15.1. The van der Waals surface area contributed by atoms with E-state index in [1.54, 1.807) is 6.07 Å². The van der Waals surface area contributed by atoms with Crippen LogP contribution in [-0.2, 0) is 4.79 Å². The summed E-state index contributed by atoms with van der Waals surface area (Å²) in [6.45, 7) is 3.90. The SMILES string of the molecule is Cc1ccc(OCC(=O)Nc2ccccc2-c2ccccc2)c2c1C(C)CC2=O. The number of ketones is 1. The molecule has 3 aromatic carbocycles. The number of aryl methyl sites for hydroxylation is 1. The van der Waals surface area contributed by atoms with Gasteiger partial charge in [0.15, 0.2) is 12.4 Å². The van der Waals surface area contributed by atoms with E-state index in [9.17, 15) is 9.59 Å². The summed E-state index contributed by atoms with van der Waals surface area (Å²) in [6, 6.07) is 21.3. The molecule has 0 heterocycles. The molecule has 0 saturated carbocycles. The molecule has 1 atom stereocenters. The fraction of sp³-hybridized carbons (Fsp3) is 0.200. The van der Waals surface area contributed by atoms with Gasteiger partial charge in [-0.3, -0.25) is 9.59 Å². The molecule has 0 aliphatic heterocycles. The molecule has 0 spiro atoms. The van der Waals surface area contributed by atoms with Gasteiger partial charge in [0.1, 0.15) is 5.75 Å². The third-order valence-corrected chi connectivity index (χ3v) is 5.33. The number of hydrogen-bond acceptors (Lipinski definition) is 3. The third kappa shape index (κ3) is 3.79. The van der Waals surface area contributed by atoms with Gasteiger partial charge >= 0.3 is 0 Å². The molecular formula is C25H23NO3. The Kier molecular flexibility index (Phi) is 5.17. The van der Waals surface area contributed by atoms with Crippen molar-refractivity contribution in [3.05, 3.63) is 83.4 Å². The minimum atomic E-state index is -0.263. The van der Waals surface area contributed by atoms with Crippen molar-refractivity contribution in [2.75, 3.05) is 11.9 Å². The Labute approximate surface area is 170 Å². The van der Waals surface area contributed by atoms with Crippen molar-refractivity contribution in [1.29, 1.82) is 0 Å². The maximum atomic E-state index is 12.6. The molecule has 1 amide bonds. The molecule has 3 aromatic rings. The van der Waals surface area contributed by atoms with E-state index in [1.165, 1.54) is 0 Å². The lowest BCUT2D eigenvalue weighted by Gasteiger charge is -2.14. The van der Waals surface area contributed by atoms with Crippen molar-refractivity contribution < 1.29 is 14.3 Å². The van der Waals surface area contributed by atoms with Gasteiger partial charge in [-0.05, 0) is 41.7 Å². The van der Waals surface area contributed by atoms with Gasteiger partial charge in [0, 0.05) is 17.7 Å². The Morgan fingerprint density at radius 1 is 1.03 bits per heavy atom. The topological polar surface area (TPSA) is 55.4 Å². The van der Waals surface area contributed by atoms with Crippen LogP contribution in [0.2, 0.25) is 0 Å². The van der Waals surface area contributed by atoms with Crippen LogP contribution >= 0.6 is 0 Å². The first-order valence-corrected chi connectivity index (χ1v) is 9.78. The zero-order valence-electron chi connectivity index (χ0n) is 16.6. The van der Waals surface area contributed by atoms with Crippen molar-refractivity contribution in [3.8, 4) is 16.9 Å².